The van der Waals surface area contributed by atoms with Gasteiger partial charge in [0.25, 0.3) is 0 Å². The van der Waals surface area contributed by atoms with E-state index in [-0.39, 0.29) is 21.1 Å². The fourth-order valence-electron chi connectivity index (χ4n) is 10.4. The lowest BCUT2D eigenvalue weighted by Crippen LogP contribution is -2.71. The molecule has 1 nitrogen and oxygen atoms in total. The quantitative estimate of drug-likeness (QED) is 0.303. The minimum Gasteiger partial charge on any atom is -0.321 e. The average Bonchev–Trinajstić information content (AvgIpc) is 2.90. The summed E-state index contributed by atoms with van der Waals surface area (Å²) in [4.78, 5) is 0. The molecule has 5 aliphatic carbocycles. The van der Waals surface area contributed by atoms with Crippen molar-refractivity contribution in [3.05, 3.63) is 23.8 Å². The highest BCUT2D eigenvalue weighted by Gasteiger charge is 2.69. The number of thiol groups is 1. The molecule has 4 fully saturated rings. The lowest BCUT2D eigenvalue weighted by Gasteiger charge is -2.71. The Labute approximate surface area is 203 Å². The Morgan fingerprint density at radius 3 is 2.47 bits per heavy atom. The summed E-state index contributed by atoms with van der Waals surface area (Å²) < 4.78 is 0.138. The summed E-state index contributed by atoms with van der Waals surface area (Å²) in [5.41, 5.74) is 11.3. The second-order valence-corrected chi connectivity index (χ2v) is 14.5. The molecule has 0 aromatic carbocycles. The highest BCUT2D eigenvalue weighted by atomic mass is 32.1. The Morgan fingerprint density at radius 2 is 1.75 bits per heavy atom. The van der Waals surface area contributed by atoms with E-state index in [1.54, 1.807) is 5.57 Å². The number of nitrogens with two attached hydrogens (primary N) is 1. The maximum Gasteiger partial charge on any atom is 0.0454 e. The lowest BCUT2D eigenvalue weighted by molar-refractivity contribution is -0.113. The predicted molar refractivity (Wildman–Crippen MR) is 141 cm³/mol. The van der Waals surface area contributed by atoms with E-state index in [0.29, 0.717) is 29.1 Å². The van der Waals surface area contributed by atoms with Crippen molar-refractivity contribution in [1.29, 1.82) is 0 Å². The van der Waals surface area contributed by atoms with Crippen LogP contribution in [0.2, 0.25) is 0 Å². The molecule has 0 amide bonds. The molecule has 4 saturated carbocycles. The van der Waals surface area contributed by atoms with Gasteiger partial charge in [-0.05, 0) is 110 Å². The van der Waals surface area contributed by atoms with Gasteiger partial charge in [0.2, 0.25) is 0 Å². The van der Waals surface area contributed by atoms with E-state index in [1.165, 1.54) is 82.6 Å². The number of fused-ring (bicyclic) bond motifs is 7. The van der Waals surface area contributed by atoms with Crippen molar-refractivity contribution in [3.63, 3.8) is 0 Å². The van der Waals surface area contributed by atoms with Crippen LogP contribution in [0.3, 0.4) is 0 Å². The molecule has 0 aromatic heterocycles. The van der Waals surface area contributed by atoms with Gasteiger partial charge in [0.15, 0.2) is 0 Å². The van der Waals surface area contributed by atoms with Crippen molar-refractivity contribution in [2.75, 3.05) is 0 Å². The van der Waals surface area contributed by atoms with Gasteiger partial charge in [0.1, 0.15) is 0 Å². The summed E-state index contributed by atoms with van der Waals surface area (Å²) in [6, 6.07) is 0. The van der Waals surface area contributed by atoms with E-state index in [0.717, 1.165) is 0 Å². The molecule has 0 heterocycles. The van der Waals surface area contributed by atoms with Crippen molar-refractivity contribution in [3.8, 4) is 0 Å². The third kappa shape index (κ3) is 2.75. The topological polar surface area (TPSA) is 26.0 Å². The van der Waals surface area contributed by atoms with Gasteiger partial charge < -0.3 is 5.73 Å². The Bertz CT molecular complexity index is 831. The Morgan fingerprint density at radius 1 is 1.00 bits per heavy atom. The molecule has 0 bridgehead atoms. The smallest absolute Gasteiger partial charge is 0.0454 e. The van der Waals surface area contributed by atoms with E-state index in [9.17, 15) is 0 Å². The fourth-order valence-corrected chi connectivity index (χ4v) is 11.2. The maximum absolute atomic E-state index is 7.62. The highest BCUT2D eigenvalue weighted by molar-refractivity contribution is 7.81. The minimum atomic E-state index is -0.128. The van der Waals surface area contributed by atoms with E-state index < -0.39 is 0 Å². The number of rotatable bonds is 1. The fraction of sp³-hybridized carbons (Fsp3) is 0.867. The van der Waals surface area contributed by atoms with E-state index in [1.807, 2.05) is 0 Å². The second kappa shape index (κ2) is 7.39. The number of hydrogen-bond acceptors (Lipinski definition) is 2. The Balaban J connectivity index is 1.62. The molecule has 0 spiro atoms. The second-order valence-electron chi connectivity index (χ2n) is 13.7. The molecule has 2 N–H and O–H groups in total. The molecule has 2 heteroatoms. The first-order valence-electron chi connectivity index (χ1n) is 13.8. The first kappa shape index (κ1) is 23.5. The summed E-state index contributed by atoms with van der Waals surface area (Å²) in [7, 11) is 0. The predicted octanol–water partition coefficient (Wildman–Crippen LogP) is 8.11. The molecule has 0 aliphatic heterocycles. The van der Waals surface area contributed by atoms with Crippen molar-refractivity contribution in [2.24, 2.45) is 45.7 Å². The van der Waals surface area contributed by atoms with Gasteiger partial charge in [0.05, 0.1) is 0 Å². The molecule has 2 unspecified atom stereocenters. The van der Waals surface area contributed by atoms with Crippen LogP contribution in [0.1, 0.15) is 112 Å². The zero-order chi connectivity index (χ0) is 23.2. The SMILES string of the molecule is C=C(C)[C@H]1CCCC[C@@]2(S)C1CC[C@]1(C)C2CC=C2[C@@]1(C)CC[C@@]1(C)CCC[C@H](C)[C@@]21N. The van der Waals surface area contributed by atoms with Gasteiger partial charge >= 0.3 is 0 Å². The molecule has 9 atom stereocenters. The monoisotopic (exact) mass is 455 g/mol. The largest absolute Gasteiger partial charge is 0.321 e. The maximum atomic E-state index is 7.62. The molecular weight excluding hydrogens is 406 g/mol. The normalized spacial score (nSPS) is 55.4. The van der Waals surface area contributed by atoms with Crippen LogP contribution in [0, 0.1) is 39.9 Å². The average molecular weight is 456 g/mol. The molecule has 180 valence electrons. The van der Waals surface area contributed by atoms with Crippen LogP contribution >= 0.6 is 12.6 Å². The molecule has 5 aliphatic rings. The van der Waals surface area contributed by atoms with Crippen LogP contribution in [0.15, 0.2) is 23.8 Å². The molecule has 32 heavy (non-hydrogen) atoms. The van der Waals surface area contributed by atoms with Gasteiger partial charge in [-0.15, -0.1) is 0 Å². The zero-order valence-corrected chi connectivity index (χ0v) is 22.5. The zero-order valence-electron chi connectivity index (χ0n) is 21.6. The molecule has 5 rings (SSSR count). The molecule has 0 aromatic rings. The van der Waals surface area contributed by atoms with Crippen LogP contribution < -0.4 is 5.73 Å². The van der Waals surface area contributed by atoms with Crippen LogP contribution in [0.25, 0.3) is 0 Å². The van der Waals surface area contributed by atoms with Crippen LogP contribution in [0.4, 0.5) is 0 Å². The molecular formula is C30H49NS. The molecule has 0 saturated heterocycles. The van der Waals surface area contributed by atoms with Crippen molar-refractivity contribution < 1.29 is 0 Å². The van der Waals surface area contributed by atoms with Gasteiger partial charge in [-0.25, -0.2) is 0 Å². The summed E-state index contributed by atoms with van der Waals surface area (Å²) in [6.45, 7) is 17.0. The highest BCUT2D eigenvalue weighted by Crippen LogP contribution is 2.74. The number of allylic oxidation sites excluding steroid dienone is 2. The van der Waals surface area contributed by atoms with Crippen LogP contribution in [-0.2, 0) is 0 Å². The van der Waals surface area contributed by atoms with Crippen molar-refractivity contribution >= 4 is 12.6 Å². The van der Waals surface area contributed by atoms with Gasteiger partial charge in [-0.1, -0.05) is 65.2 Å². The molecule has 0 radical (unpaired) electrons. The lowest BCUT2D eigenvalue weighted by atomic mass is 9.35. The third-order valence-electron chi connectivity index (χ3n) is 12.6. The third-order valence-corrected chi connectivity index (χ3v) is 13.5. The van der Waals surface area contributed by atoms with E-state index in [4.69, 9.17) is 18.4 Å². The van der Waals surface area contributed by atoms with Crippen LogP contribution in [-0.4, -0.2) is 10.3 Å². The van der Waals surface area contributed by atoms with E-state index in [2.05, 4.69) is 47.3 Å². The minimum absolute atomic E-state index is 0.128. The summed E-state index contributed by atoms with van der Waals surface area (Å²) in [5, 5.41) is 0. The summed E-state index contributed by atoms with van der Waals surface area (Å²) in [6.07, 6.45) is 18.4. The summed E-state index contributed by atoms with van der Waals surface area (Å²) >= 11 is 5.71. The first-order chi connectivity index (χ1) is 14.9. The van der Waals surface area contributed by atoms with Gasteiger partial charge in [-0.2, -0.15) is 12.6 Å². The standard InChI is InChI=1S/C30H49NS/c1-20(2)22-11-7-8-16-29(32)23(22)14-17-27(5)24(29)12-13-25-28(27,6)19-18-26(4)15-9-10-21(3)30(25,26)31/h13,21-24,32H,1,7-12,14-19,31H2,2-6H3/t21-,22+,23?,24?,26+,27+,28+,29+,30+/m0/s1. The Kier molecular flexibility index (Phi) is 5.44. The van der Waals surface area contributed by atoms with Gasteiger partial charge in [-0.3, -0.25) is 0 Å². The van der Waals surface area contributed by atoms with Crippen molar-refractivity contribution in [2.45, 2.75) is 122 Å². The van der Waals surface area contributed by atoms with Gasteiger partial charge in [0, 0.05) is 10.3 Å². The summed E-state index contributed by atoms with van der Waals surface area (Å²) in [5.74, 6) is 2.58. The number of hydrogen-bond donors (Lipinski definition) is 2. The van der Waals surface area contributed by atoms with Crippen molar-refractivity contribution in [1.82, 2.24) is 0 Å². The van der Waals surface area contributed by atoms with E-state index >= 15 is 0 Å². The van der Waals surface area contributed by atoms with Crippen LogP contribution in [0.5, 0.6) is 0 Å². The Hall–Kier alpha value is -0.210. The first-order valence-corrected chi connectivity index (χ1v) is 14.3.